The van der Waals surface area contributed by atoms with Crippen molar-refractivity contribution in [1.29, 1.82) is 0 Å². The molecule has 2 heteroatoms. The van der Waals surface area contributed by atoms with Crippen LogP contribution in [0.25, 0.3) is 44.2 Å². The Labute approximate surface area is 315 Å². The molecule has 11 rings (SSSR count). The molecule has 0 N–H and O–H groups in total. The molecule has 256 valence electrons. The van der Waals surface area contributed by atoms with Crippen LogP contribution in [-0.2, 0) is 10.8 Å². The summed E-state index contributed by atoms with van der Waals surface area (Å²) in [4.78, 5) is 2.40. The van der Waals surface area contributed by atoms with Crippen molar-refractivity contribution >= 4 is 39.0 Å². The van der Waals surface area contributed by atoms with Gasteiger partial charge >= 0.3 is 0 Å². The van der Waals surface area contributed by atoms with Crippen LogP contribution in [-0.4, -0.2) is 0 Å². The van der Waals surface area contributed by atoms with E-state index in [9.17, 15) is 0 Å². The molecular weight excluding hydrogens is 655 g/mol. The van der Waals surface area contributed by atoms with Gasteiger partial charge in [0.05, 0.1) is 5.41 Å². The average Bonchev–Trinajstić information content (AvgIpc) is 3.75. The van der Waals surface area contributed by atoms with E-state index in [0.717, 1.165) is 44.6 Å². The van der Waals surface area contributed by atoms with Gasteiger partial charge in [0.15, 0.2) is 0 Å². The number of hydrogen-bond acceptors (Lipinski definition) is 2. The lowest BCUT2D eigenvalue weighted by atomic mass is 9.55. The van der Waals surface area contributed by atoms with Gasteiger partial charge < -0.3 is 9.32 Å². The highest BCUT2D eigenvalue weighted by Crippen LogP contribution is 2.62. The van der Waals surface area contributed by atoms with Crippen LogP contribution in [0.15, 0.2) is 192 Å². The quantitative estimate of drug-likeness (QED) is 0.183. The third-order valence-corrected chi connectivity index (χ3v) is 12.1. The molecule has 0 aliphatic heterocycles. The van der Waals surface area contributed by atoms with Crippen LogP contribution in [0.1, 0.15) is 47.2 Å². The molecule has 1 heterocycles. The van der Waals surface area contributed by atoms with Gasteiger partial charge in [-0.25, -0.2) is 0 Å². The van der Waals surface area contributed by atoms with Gasteiger partial charge in [0.25, 0.3) is 0 Å². The molecule has 2 aliphatic carbocycles. The second kappa shape index (κ2) is 11.4. The zero-order valence-electron chi connectivity index (χ0n) is 30.3. The summed E-state index contributed by atoms with van der Waals surface area (Å²) in [5, 5.41) is 2.29. The monoisotopic (exact) mass is 691 g/mol. The molecule has 0 saturated heterocycles. The topological polar surface area (TPSA) is 16.4 Å². The van der Waals surface area contributed by atoms with Gasteiger partial charge in [-0.1, -0.05) is 153 Å². The van der Waals surface area contributed by atoms with E-state index < -0.39 is 5.41 Å². The van der Waals surface area contributed by atoms with E-state index in [1.54, 1.807) is 0 Å². The van der Waals surface area contributed by atoms with Crippen LogP contribution < -0.4 is 4.90 Å². The number of furan rings is 1. The molecule has 0 unspecified atom stereocenters. The highest BCUT2D eigenvalue weighted by Gasteiger charge is 2.53. The van der Waals surface area contributed by atoms with Crippen molar-refractivity contribution in [3.63, 3.8) is 0 Å². The van der Waals surface area contributed by atoms with E-state index in [4.69, 9.17) is 4.42 Å². The highest BCUT2D eigenvalue weighted by molar-refractivity contribution is 6.12. The molecular formula is C52H37NO. The summed E-state index contributed by atoms with van der Waals surface area (Å²) in [6, 6.07) is 69.0. The molecule has 2 aliphatic rings. The first-order chi connectivity index (χ1) is 26.5. The summed E-state index contributed by atoms with van der Waals surface area (Å²) in [7, 11) is 0. The normalized spacial score (nSPS) is 14.4. The number of anilines is 3. The number of benzene rings is 8. The summed E-state index contributed by atoms with van der Waals surface area (Å²) in [6.07, 6.45) is 0. The zero-order chi connectivity index (χ0) is 36.0. The first-order valence-electron chi connectivity index (χ1n) is 18.9. The third-order valence-electron chi connectivity index (χ3n) is 12.1. The predicted octanol–water partition coefficient (Wildman–Crippen LogP) is 13.7. The molecule has 9 aromatic rings. The molecule has 1 aromatic heterocycles. The summed E-state index contributed by atoms with van der Waals surface area (Å²) in [5.41, 5.74) is 17.7. The minimum atomic E-state index is -0.455. The summed E-state index contributed by atoms with van der Waals surface area (Å²) < 4.78 is 6.25. The summed E-state index contributed by atoms with van der Waals surface area (Å²) in [6.45, 7) is 4.76. The molecule has 0 saturated carbocycles. The fourth-order valence-electron chi connectivity index (χ4n) is 9.82. The minimum absolute atomic E-state index is 0.140. The number of hydrogen-bond donors (Lipinski definition) is 0. The maximum Gasteiger partial charge on any atom is 0.136 e. The van der Waals surface area contributed by atoms with Crippen molar-refractivity contribution in [1.82, 2.24) is 0 Å². The Kier molecular flexibility index (Phi) is 6.55. The van der Waals surface area contributed by atoms with Crippen molar-refractivity contribution < 1.29 is 4.42 Å². The lowest BCUT2D eigenvalue weighted by Crippen LogP contribution is -2.40. The van der Waals surface area contributed by atoms with E-state index in [1.807, 2.05) is 12.1 Å². The molecule has 0 radical (unpaired) electrons. The average molecular weight is 692 g/mol. The van der Waals surface area contributed by atoms with Crippen LogP contribution in [0, 0.1) is 0 Å². The summed E-state index contributed by atoms with van der Waals surface area (Å²) >= 11 is 0. The van der Waals surface area contributed by atoms with Gasteiger partial charge in [0.2, 0.25) is 0 Å². The maximum absolute atomic E-state index is 6.25. The van der Waals surface area contributed by atoms with Gasteiger partial charge in [-0.15, -0.1) is 0 Å². The predicted molar refractivity (Wildman–Crippen MR) is 223 cm³/mol. The van der Waals surface area contributed by atoms with Crippen LogP contribution >= 0.6 is 0 Å². The first kappa shape index (κ1) is 30.9. The van der Waals surface area contributed by atoms with Crippen LogP contribution in [0.5, 0.6) is 0 Å². The van der Waals surface area contributed by atoms with Gasteiger partial charge in [0, 0.05) is 33.2 Å². The van der Waals surface area contributed by atoms with Crippen molar-refractivity contribution in [2.45, 2.75) is 24.7 Å². The Morgan fingerprint density at radius 3 is 1.67 bits per heavy atom. The second-order valence-corrected chi connectivity index (χ2v) is 15.2. The Balaban J connectivity index is 1.12. The van der Waals surface area contributed by atoms with E-state index in [1.165, 1.54) is 50.1 Å². The van der Waals surface area contributed by atoms with Gasteiger partial charge in [-0.05, 0) is 104 Å². The van der Waals surface area contributed by atoms with Crippen LogP contribution in [0.3, 0.4) is 0 Å². The Morgan fingerprint density at radius 1 is 0.389 bits per heavy atom. The van der Waals surface area contributed by atoms with Crippen molar-refractivity contribution in [3.05, 3.63) is 221 Å². The Hall–Kier alpha value is -6.64. The molecule has 1 spiro atoms. The zero-order valence-corrected chi connectivity index (χ0v) is 30.3. The van der Waals surface area contributed by atoms with E-state index in [2.05, 4.69) is 195 Å². The standard InChI is InChI=1S/C52H37NO/c1-51(2)43-21-9-11-23-45(43)52(46-24-12-10-22-44(46)51)42-20-8-6-17-39(42)40-32-31-37(33-47(40)52)53(35-15-4-3-5-16-35)36-29-27-34(28-30-36)38-19-14-26-49-50(38)41-18-7-13-25-48(41)54-49/h3-33H,1-2H3. The number of rotatable bonds is 4. The summed E-state index contributed by atoms with van der Waals surface area (Å²) in [5.74, 6) is 0. The lowest BCUT2D eigenvalue weighted by molar-refractivity contribution is 0.563. The molecule has 2 nitrogen and oxygen atoms in total. The van der Waals surface area contributed by atoms with Crippen LogP contribution in [0.4, 0.5) is 17.1 Å². The van der Waals surface area contributed by atoms with Crippen molar-refractivity contribution in [2.24, 2.45) is 0 Å². The molecule has 0 atom stereocenters. The van der Waals surface area contributed by atoms with Gasteiger partial charge in [0.1, 0.15) is 11.2 Å². The SMILES string of the molecule is CC1(C)c2ccccc2C2(c3ccccc3-c3ccc(N(c4ccccc4)c4ccc(-c5cccc6oc7ccccc7c56)cc4)cc32)c2ccccc21. The van der Waals surface area contributed by atoms with Crippen molar-refractivity contribution in [2.75, 3.05) is 4.90 Å². The lowest BCUT2D eigenvalue weighted by Gasteiger charge is -2.46. The number of para-hydroxylation sites is 2. The highest BCUT2D eigenvalue weighted by atomic mass is 16.3. The molecule has 0 amide bonds. The molecule has 0 fully saturated rings. The largest absolute Gasteiger partial charge is 0.456 e. The van der Waals surface area contributed by atoms with E-state index in [0.29, 0.717) is 0 Å². The fourth-order valence-corrected chi connectivity index (χ4v) is 9.82. The third kappa shape index (κ3) is 4.17. The van der Waals surface area contributed by atoms with Crippen molar-refractivity contribution in [3.8, 4) is 22.3 Å². The molecule has 54 heavy (non-hydrogen) atoms. The molecule has 8 aromatic carbocycles. The molecule has 0 bridgehead atoms. The smallest absolute Gasteiger partial charge is 0.136 e. The first-order valence-corrected chi connectivity index (χ1v) is 18.9. The Bertz CT molecular complexity index is 2860. The van der Waals surface area contributed by atoms with Gasteiger partial charge in [-0.2, -0.15) is 0 Å². The number of nitrogens with zero attached hydrogens (tertiary/aromatic N) is 1. The van der Waals surface area contributed by atoms with E-state index >= 15 is 0 Å². The van der Waals surface area contributed by atoms with Gasteiger partial charge in [-0.3, -0.25) is 0 Å². The van der Waals surface area contributed by atoms with E-state index in [-0.39, 0.29) is 5.41 Å². The number of fused-ring (bicyclic) bond motifs is 12. The Morgan fingerprint density at radius 2 is 0.926 bits per heavy atom. The maximum atomic E-state index is 6.25. The fraction of sp³-hybridized carbons (Fsp3) is 0.0769. The second-order valence-electron chi connectivity index (χ2n) is 15.2. The minimum Gasteiger partial charge on any atom is -0.456 e. The van der Waals surface area contributed by atoms with Crippen LogP contribution in [0.2, 0.25) is 0 Å².